The third kappa shape index (κ3) is 3.57. The smallest absolute Gasteiger partial charge is 0.411 e. The van der Waals surface area contributed by atoms with Gasteiger partial charge >= 0.3 is 6.09 Å². The number of Topliss-reactive ketones (excluding diaryl/α,β-unsaturated/α-hetero) is 1. The third-order valence-electron chi connectivity index (χ3n) is 4.69. The number of hydrogen-bond donors (Lipinski definition) is 0. The van der Waals surface area contributed by atoms with E-state index in [4.69, 9.17) is 4.74 Å². The van der Waals surface area contributed by atoms with Crippen molar-refractivity contribution in [3.05, 3.63) is 35.1 Å². The molecule has 1 unspecified atom stereocenters. The molecule has 144 valence electrons. The predicted molar refractivity (Wildman–Crippen MR) is 90.0 cm³/mol. The van der Waals surface area contributed by atoms with Crippen LogP contribution in [-0.4, -0.2) is 29.4 Å². The van der Waals surface area contributed by atoms with Gasteiger partial charge in [0.15, 0.2) is 5.78 Å². The number of hydrogen-bond acceptors (Lipinski definition) is 3. The summed E-state index contributed by atoms with van der Waals surface area (Å²) in [5.74, 6) is -4.46. The van der Waals surface area contributed by atoms with E-state index in [1.165, 1.54) is 7.05 Å². The maximum Gasteiger partial charge on any atom is 0.411 e. The van der Waals surface area contributed by atoms with Crippen molar-refractivity contribution >= 4 is 11.9 Å². The molecule has 1 aromatic carbocycles. The molecule has 0 heterocycles. The molecule has 2 rings (SSSR count). The maximum absolute atomic E-state index is 14.6. The maximum atomic E-state index is 14.6. The fraction of sp³-hybridized carbons (Fsp3) is 0.579. The normalized spacial score (nSPS) is 23.7. The van der Waals surface area contributed by atoms with E-state index in [1.807, 2.05) is 0 Å². The number of amides is 1. The van der Waals surface area contributed by atoms with Gasteiger partial charge in [0.1, 0.15) is 28.6 Å². The third-order valence-corrected chi connectivity index (χ3v) is 4.69. The van der Waals surface area contributed by atoms with E-state index in [9.17, 15) is 22.8 Å². The van der Waals surface area contributed by atoms with Crippen molar-refractivity contribution in [3.8, 4) is 0 Å². The molecular formula is C19H24F3NO3. The topological polar surface area (TPSA) is 46.6 Å². The van der Waals surface area contributed by atoms with Gasteiger partial charge in [-0.25, -0.2) is 18.0 Å². The second-order valence-corrected chi connectivity index (χ2v) is 7.80. The van der Waals surface area contributed by atoms with Crippen molar-refractivity contribution in [2.45, 2.75) is 58.1 Å². The number of carbonyl (C=O) groups excluding carboxylic acids is 2. The molecule has 0 bridgehead atoms. The summed E-state index contributed by atoms with van der Waals surface area (Å²) in [6.45, 7) is 6.60. The van der Waals surface area contributed by atoms with Gasteiger partial charge in [-0.2, -0.15) is 0 Å². The molecule has 0 aliphatic heterocycles. The zero-order valence-electron chi connectivity index (χ0n) is 15.7. The molecule has 1 fully saturated rings. The lowest BCUT2D eigenvalue weighted by Gasteiger charge is -2.45. The molecule has 1 aliphatic rings. The molecule has 0 spiro atoms. The highest BCUT2D eigenvalue weighted by Crippen LogP contribution is 2.44. The standard InChI is InChI=1S/C19H24F3NO3/c1-11-7-6-8-19(16(11)24,23(5)17(25)26-18(2,3)4)15-13(21)9-12(20)10-14(15)22/h9-11H,6-8H2,1-5H3/t11?,19-/m1/s1. The monoisotopic (exact) mass is 371 g/mol. The van der Waals surface area contributed by atoms with Gasteiger partial charge in [0.05, 0.1) is 5.56 Å². The highest BCUT2D eigenvalue weighted by atomic mass is 19.1. The number of carbonyl (C=O) groups is 2. The average molecular weight is 371 g/mol. The fourth-order valence-corrected chi connectivity index (χ4v) is 3.50. The van der Waals surface area contributed by atoms with Crippen LogP contribution in [0, 0.1) is 23.4 Å². The van der Waals surface area contributed by atoms with E-state index in [1.54, 1.807) is 27.7 Å². The predicted octanol–water partition coefficient (Wildman–Crippen LogP) is 4.56. The van der Waals surface area contributed by atoms with E-state index >= 15 is 0 Å². The first kappa shape index (κ1) is 20.3. The summed E-state index contributed by atoms with van der Waals surface area (Å²) in [7, 11) is 1.28. The van der Waals surface area contributed by atoms with Gasteiger partial charge in [-0.05, 0) is 40.0 Å². The van der Waals surface area contributed by atoms with Crippen LogP contribution in [0.5, 0.6) is 0 Å². The number of benzene rings is 1. The Bertz CT molecular complexity index is 706. The first-order valence-corrected chi connectivity index (χ1v) is 8.56. The number of rotatable bonds is 2. The van der Waals surface area contributed by atoms with Crippen molar-refractivity contribution in [1.29, 1.82) is 0 Å². The Labute approximate surface area is 151 Å². The number of ether oxygens (including phenoxy) is 1. The van der Waals surface area contributed by atoms with Crippen LogP contribution >= 0.6 is 0 Å². The van der Waals surface area contributed by atoms with Crippen LogP contribution in [0.3, 0.4) is 0 Å². The van der Waals surface area contributed by atoms with E-state index in [-0.39, 0.29) is 6.42 Å². The molecule has 7 heteroatoms. The number of nitrogens with zero attached hydrogens (tertiary/aromatic N) is 1. The SMILES string of the molecule is CC1CCC[C@](c2c(F)cc(F)cc2F)(N(C)C(=O)OC(C)(C)C)C1=O. The van der Waals surface area contributed by atoms with Gasteiger partial charge in [-0.1, -0.05) is 6.92 Å². The van der Waals surface area contributed by atoms with Crippen LogP contribution < -0.4 is 0 Å². The second-order valence-electron chi connectivity index (χ2n) is 7.80. The molecule has 1 amide bonds. The summed E-state index contributed by atoms with van der Waals surface area (Å²) in [6.07, 6.45) is 0.192. The van der Waals surface area contributed by atoms with E-state index in [0.29, 0.717) is 25.0 Å². The number of likely N-dealkylation sites (N-methyl/N-ethyl adjacent to an activating group) is 1. The first-order valence-electron chi connectivity index (χ1n) is 8.56. The Balaban J connectivity index is 2.66. The highest BCUT2D eigenvalue weighted by molar-refractivity contribution is 5.95. The van der Waals surface area contributed by atoms with Crippen LogP contribution in [-0.2, 0) is 15.1 Å². The fourth-order valence-electron chi connectivity index (χ4n) is 3.50. The van der Waals surface area contributed by atoms with Crippen molar-refractivity contribution in [2.24, 2.45) is 5.92 Å². The van der Waals surface area contributed by atoms with E-state index in [2.05, 4.69) is 0 Å². The van der Waals surface area contributed by atoms with Crippen molar-refractivity contribution in [3.63, 3.8) is 0 Å². The van der Waals surface area contributed by atoms with Crippen LogP contribution in [0.2, 0.25) is 0 Å². The van der Waals surface area contributed by atoms with E-state index < -0.39 is 51.9 Å². The molecule has 0 aromatic heterocycles. The first-order chi connectivity index (χ1) is 11.9. The van der Waals surface area contributed by atoms with Gasteiger partial charge in [-0.15, -0.1) is 0 Å². The summed E-state index contributed by atoms with van der Waals surface area (Å²) in [4.78, 5) is 26.6. The Hall–Kier alpha value is -2.05. The summed E-state index contributed by atoms with van der Waals surface area (Å²) >= 11 is 0. The average Bonchev–Trinajstić information content (AvgIpc) is 2.48. The van der Waals surface area contributed by atoms with Crippen LogP contribution in [0.4, 0.5) is 18.0 Å². The molecule has 4 nitrogen and oxygen atoms in total. The zero-order chi connectivity index (χ0) is 19.9. The second kappa shape index (κ2) is 6.93. The Morgan fingerprint density at radius 3 is 2.27 bits per heavy atom. The molecule has 26 heavy (non-hydrogen) atoms. The molecular weight excluding hydrogens is 347 g/mol. The minimum Gasteiger partial charge on any atom is -0.444 e. The van der Waals surface area contributed by atoms with E-state index in [0.717, 1.165) is 4.90 Å². The van der Waals surface area contributed by atoms with Gasteiger partial charge < -0.3 is 4.74 Å². The number of ketones is 1. The van der Waals surface area contributed by atoms with Crippen LogP contribution in [0.25, 0.3) is 0 Å². The Morgan fingerprint density at radius 1 is 1.23 bits per heavy atom. The summed E-state index contributed by atoms with van der Waals surface area (Å²) < 4.78 is 47.9. The summed E-state index contributed by atoms with van der Waals surface area (Å²) in [6, 6.07) is 1.05. The van der Waals surface area contributed by atoms with Crippen LogP contribution in [0.1, 0.15) is 52.5 Å². The zero-order valence-corrected chi connectivity index (χ0v) is 15.7. The molecule has 1 aromatic rings. The Morgan fingerprint density at radius 2 is 1.77 bits per heavy atom. The van der Waals surface area contributed by atoms with Crippen molar-refractivity contribution in [2.75, 3.05) is 7.05 Å². The van der Waals surface area contributed by atoms with Crippen molar-refractivity contribution in [1.82, 2.24) is 4.90 Å². The number of halogens is 3. The van der Waals surface area contributed by atoms with Crippen LogP contribution in [0.15, 0.2) is 12.1 Å². The van der Waals surface area contributed by atoms with Crippen molar-refractivity contribution < 1.29 is 27.5 Å². The molecule has 0 saturated heterocycles. The highest BCUT2D eigenvalue weighted by Gasteiger charge is 2.53. The lowest BCUT2D eigenvalue weighted by Crippen LogP contribution is -2.57. The summed E-state index contributed by atoms with van der Waals surface area (Å²) in [5.41, 5.74) is -3.33. The minimum absolute atomic E-state index is 0.0331. The minimum atomic E-state index is -1.87. The Kier molecular flexibility index (Phi) is 5.40. The molecule has 1 saturated carbocycles. The molecule has 1 aliphatic carbocycles. The van der Waals surface area contributed by atoms with Gasteiger partial charge in [0, 0.05) is 25.1 Å². The molecule has 2 atom stereocenters. The largest absolute Gasteiger partial charge is 0.444 e. The molecule has 0 radical (unpaired) electrons. The van der Waals surface area contributed by atoms with Gasteiger partial charge in [0.25, 0.3) is 0 Å². The summed E-state index contributed by atoms with van der Waals surface area (Å²) in [5, 5.41) is 0. The van der Waals surface area contributed by atoms with Gasteiger partial charge in [0.2, 0.25) is 0 Å². The lowest BCUT2D eigenvalue weighted by molar-refractivity contribution is -0.138. The van der Waals surface area contributed by atoms with Gasteiger partial charge in [-0.3, -0.25) is 9.69 Å². The quantitative estimate of drug-likeness (QED) is 0.766. The lowest BCUT2D eigenvalue weighted by atomic mass is 9.70. The molecule has 0 N–H and O–H groups in total.